The molecule has 0 saturated carbocycles. The highest BCUT2D eigenvalue weighted by atomic mass is 19.1. The van der Waals surface area contributed by atoms with E-state index in [0.29, 0.717) is 18.4 Å². The Balaban J connectivity index is 2.42. The summed E-state index contributed by atoms with van der Waals surface area (Å²) in [5, 5.41) is 0. The smallest absolute Gasteiger partial charge is 0.140 e. The van der Waals surface area contributed by atoms with Crippen LogP contribution in [0.1, 0.15) is 25.3 Å². The fraction of sp³-hybridized carbons (Fsp3) is 0.500. The van der Waals surface area contributed by atoms with Crippen LogP contribution >= 0.6 is 0 Å². The number of likely N-dealkylation sites (tertiary alicyclic amines) is 1. The Morgan fingerprint density at radius 2 is 1.88 bits per heavy atom. The molecule has 1 heterocycles. The molecule has 0 aromatic heterocycles. The van der Waals surface area contributed by atoms with Gasteiger partial charge in [0, 0.05) is 5.56 Å². The first-order chi connectivity index (χ1) is 8.06. The van der Waals surface area contributed by atoms with Gasteiger partial charge < -0.3 is 4.90 Å². The minimum atomic E-state index is -0.613. The molecule has 2 nitrogen and oxygen atoms in total. The van der Waals surface area contributed by atoms with Gasteiger partial charge in [-0.05, 0) is 46.0 Å². The van der Waals surface area contributed by atoms with Crippen molar-refractivity contribution in [3.05, 3.63) is 35.6 Å². The van der Waals surface area contributed by atoms with Crippen LogP contribution < -0.4 is 0 Å². The van der Waals surface area contributed by atoms with E-state index >= 15 is 0 Å². The highest BCUT2D eigenvalue weighted by Crippen LogP contribution is 2.37. The van der Waals surface area contributed by atoms with Gasteiger partial charge in [0.15, 0.2) is 0 Å². The van der Waals surface area contributed by atoms with Gasteiger partial charge >= 0.3 is 0 Å². The number of halogens is 1. The van der Waals surface area contributed by atoms with E-state index in [1.54, 1.807) is 25.1 Å². The summed E-state index contributed by atoms with van der Waals surface area (Å²) >= 11 is 0. The third kappa shape index (κ3) is 2.12. The molecule has 92 valence electrons. The molecule has 0 N–H and O–H groups in total. The summed E-state index contributed by atoms with van der Waals surface area (Å²) in [6, 6.07) is 6.67. The number of carbonyl (C=O) groups excluding carboxylic acids is 1. The zero-order valence-electron chi connectivity index (χ0n) is 10.4. The highest BCUT2D eigenvalue weighted by molar-refractivity contribution is 5.88. The average molecular weight is 235 g/mol. The number of hydrogen-bond acceptors (Lipinski definition) is 2. The van der Waals surface area contributed by atoms with Crippen molar-refractivity contribution in [2.24, 2.45) is 0 Å². The molecule has 0 unspecified atom stereocenters. The quantitative estimate of drug-likeness (QED) is 0.784. The van der Waals surface area contributed by atoms with E-state index in [1.807, 2.05) is 7.05 Å². The van der Waals surface area contributed by atoms with Crippen molar-refractivity contribution < 1.29 is 9.18 Å². The van der Waals surface area contributed by atoms with Crippen LogP contribution in [0.15, 0.2) is 24.3 Å². The molecule has 17 heavy (non-hydrogen) atoms. The molecule has 0 radical (unpaired) electrons. The maximum Gasteiger partial charge on any atom is 0.140 e. The Morgan fingerprint density at radius 1 is 1.29 bits per heavy atom. The Bertz CT molecular complexity index is 422. The van der Waals surface area contributed by atoms with Crippen LogP contribution in [-0.4, -0.2) is 30.8 Å². The van der Waals surface area contributed by atoms with E-state index in [4.69, 9.17) is 0 Å². The van der Waals surface area contributed by atoms with Crippen molar-refractivity contribution in [1.29, 1.82) is 0 Å². The predicted octanol–water partition coefficient (Wildman–Crippen LogP) is 2.38. The Hall–Kier alpha value is -1.22. The van der Waals surface area contributed by atoms with Gasteiger partial charge in [-0.2, -0.15) is 0 Å². The summed E-state index contributed by atoms with van der Waals surface area (Å²) in [5.41, 5.74) is -0.0432. The van der Waals surface area contributed by atoms with Crippen LogP contribution in [0.5, 0.6) is 0 Å². The number of rotatable bonds is 2. The van der Waals surface area contributed by atoms with Gasteiger partial charge in [-0.3, -0.25) is 4.79 Å². The first-order valence-corrected chi connectivity index (χ1v) is 6.01. The van der Waals surface area contributed by atoms with Crippen LogP contribution in [0.3, 0.4) is 0 Å². The summed E-state index contributed by atoms with van der Waals surface area (Å²) in [6.45, 7) is 3.26. The molecule has 0 atom stereocenters. The summed E-state index contributed by atoms with van der Waals surface area (Å²) in [4.78, 5) is 14.2. The third-order valence-electron chi connectivity index (χ3n) is 3.90. The van der Waals surface area contributed by atoms with Gasteiger partial charge in [0.1, 0.15) is 11.6 Å². The lowest BCUT2D eigenvalue weighted by molar-refractivity contribution is -0.124. The van der Waals surface area contributed by atoms with Gasteiger partial charge in [0.25, 0.3) is 0 Å². The Kier molecular flexibility index (Phi) is 3.29. The van der Waals surface area contributed by atoms with E-state index in [2.05, 4.69) is 4.90 Å². The van der Waals surface area contributed by atoms with Gasteiger partial charge in [0.2, 0.25) is 0 Å². The van der Waals surface area contributed by atoms with E-state index in [-0.39, 0.29) is 11.6 Å². The topological polar surface area (TPSA) is 20.3 Å². The maximum atomic E-state index is 13.9. The molecule has 0 amide bonds. The first-order valence-electron chi connectivity index (χ1n) is 6.01. The van der Waals surface area contributed by atoms with Crippen molar-refractivity contribution in [1.82, 2.24) is 4.90 Å². The summed E-state index contributed by atoms with van der Waals surface area (Å²) in [6.07, 6.45) is 1.42. The molecule has 1 aromatic carbocycles. The summed E-state index contributed by atoms with van der Waals surface area (Å²) < 4.78 is 13.9. The van der Waals surface area contributed by atoms with Crippen LogP contribution in [0, 0.1) is 5.82 Å². The van der Waals surface area contributed by atoms with Crippen LogP contribution in [0.4, 0.5) is 4.39 Å². The zero-order valence-corrected chi connectivity index (χ0v) is 10.4. The lowest BCUT2D eigenvalue weighted by Gasteiger charge is -2.39. The molecule has 1 aromatic rings. The fourth-order valence-electron chi connectivity index (χ4n) is 2.66. The van der Waals surface area contributed by atoms with Crippen LogP contribution in [0.2, 0.25) is 0 Å². The lowest BCUT2D eigenvalue weighted by atomic mass is 9.70. The average Bonchev–Trinajstić information content (AvgIpc) is 2.31. The molecule has 0 spiro atoms. The van der Waals surface area contributed by atoms with Gasteiger partial charge in [-0.15, -0.1) is 0 Å². The third-order valence-corrected chi connectivity index (χ3v) is 3.90. The summed E-state index contributed by atoms with van der Waals surface area (Å²) in [7, 11) is 2.03. The van der Waals surface area contributed by atoms with Gasteiger partial charge in [0.05, 0.1) is 5.41 Å². The monoisotopic (exact) mass is 235 g/mol. The van der Waals surface area contributed by atoms with Gasteiger partial charge in [-0.1, -0.05) is 18.2 Å². The molecule has 1 saturated heterocycles. The van der Waals surface area contributed by atoms with Crippen molar-refractivity contribution in [3.63, 3.8) is 0 Å². The molecular formula is C14H18FNO. The maximum absolute atomic E-state index is 13.9. The fourth-order valence-corrected chi connectivity index (χ4v) is 2.66. The number of benzene rings is 1. The first kappa shape index (κ1) is 12.2. The van der Waals surface area contributed by atoms with E-state index in [1.165, 1.54) is 6.07 Å². The molecule has 1 aliphatic rings. The van der Waals surface area contributed by atoms with E-state index in [9.17, 15) is 9.18 Å². The standard InChI is InChI=1S/C14H18FNO/c1-11(17)14(7-9-16(2)10-8-14)12-5-3-4-6-13(12)15/h3-6H,7-10H2,1-2H3. The molecule has 3 heteroatoms. The van der Waals surface area contributed by atoms with Crippen molar-refractivity contribution in [2.45, 2.75) is 25.2 Å². The van der Waals surface area contributed by atoms with Crippen LogP contribution in [-0.2, 0) is 10.2 Å². The predicted molar refractivity (Wildman–Crippen MR) is 65.5 cm³/mol. The summed E-state index contributed by atoms with van der Waals surface area (Å²) in [5.74, 6) is -0.178. The number of carbonyl (C=O) groups is 1. The Morgan fingerprint density at radius 3 is 2.41 bits per heavy atom. The highest BCUT2D eigenvalue weighted by Gasteiger charge is 2.41. The lowest BCUT2D eigenvalue weighted by Crippen LogP contribution is -2.45. The second-order valence-corrected chi connectivity index (χ2v) is 4.92. The van der Waals surface area contributed by atoms with Crippen molar-refractivity contribution in [2.75, 3.05) is 20.1 Å². The minimum absolute atomic E-state index is 0.0794. The largest absolute Gasteiger partial charge is 0.306 e. The van der Waals surface area contributed by atoms with E-state index < -0.39 is 5.41 Å². The molecule has 1 aliphatic heterocycles. The normalized spacial score (nSPS) is 20.2. The van der Waals surface area contributed by atoms with Crippen LogP contribution in [0.25, 0.3) is 0 Å². The number of Topliss-reactive ketones (excluding diaryl/α,β-unsaturated/α-hetero) is 1. The molecular weight excluding hydrogens is 217 g/mol. The molecule has 2 rings (SSSR count). The number of piperidine rings is 1. The molecule has 0 aliphatic carbocycles. The second-order valence-electron chi connectivity index (χ2n) is 4.92. The van der Waals surface area contributed by atoms with Crippen molar-refractivity contribution >= 4 is 5.78 Å². The zero-order chi connectivity index (χ0) is 12.5. The number of hydrogen-bond donors (Lipinski definition) is 0. The number of ketones is 1. The minimum Gasteiger partial charge on any atom is -0.306 e. The van der Waals surface area contributed by atoms with Crippen molar-refractivity contribution in [3.8, 4) is 0 Å². The molecule has 1 fully saturated rings. The Labute approximate surface area is 101 Å². The SMILES string of the molecule is CC(=O)C1(c2ccccc2F)CCN(C)CC1. The van der Waals surface area contributed by atoms with Gasteiger partial charge in [-0.25, -0.2) is 4.39 Å². The number of nitrogens with zero attached hydrogens (tertiary/aromatic N) is 1. The second kappa shape index (κ2) is 4.57. The molecule has 0 bridgehead atoms. The van der Waals surface area contributed by atoms with E-state index in [0.717, 1.165) is 13.1 Å².